The summed E-state index contributed by atoms with van der Waals surface area (Å²) in [4.78, 5) is 0.0860. The van der Waals surface area contributed by atoms with Crippen LogP contribution in [0, 0.1) is 5.21 Å². The molecule has 22 heavy (non-hydrogen) atoms. The highest BCUT2D eigenvalue weighted by molar-refractivity contribution is 7.91. The summed E-state index contributed by atoms with van der Waals surface area (Å²) >= 11 is 0. The number of hydrogen-bond acceptors (Lipinski definition) is 6. The summed E-state index contributed by atoms with van der Waals surface area (Å²) in [6.45, 7) is 1.59. The van der Waals surface area contributed by atoms with Crippen molar-refractivity contribution in [2.75, 3.05) is 0 Å². The van der Waals surface area contributed by atoms with E-state index in [4.69, 9.17) is 10.4 Å². The Morgan fingerprint density at radius 1 is 1.05 bits per heavy atom. The first kappa shape index (κ1) is 16.1. The number of hydrogen-bond donors (Lipinski definition) is 3. The van der Waals surface area contributed by atoms with Gasteiger partial charge in [0.05, 0.1) is 15.5 Å². The van der Waals surface area contributed by atoms with Gasteiger partial charge in [-0.3, -0.25) is 0 Å². The second kappa shape index (κ2) is 6.24. The molecular weight excluding hydrogens is 308 g/mol. The van der Waals surface area contributed by atoms with Gasteiger partial charge in [-0.2, -0.15) is 5.23 Å². The fraction of sp³-hybridized carbons (Fsp3) is 0.0714. The summed E-state index contributed by atoms with van der Waals surface area (Å²) in [7, 11) is -3.73. The van der Waals surface area contributed by atoms with Crippen LogP contribution in [0.25, 0.3) is 0 Å². The monoisotopic (exact) mass is 322 g/mol. The number of rotatable bonds is 4. The molecule has 0 fully saturated rings. The molecule has 0 bridgehead atoms. The van der Waals surface area contributed by atoms with E-state index in [-0.39, 0.29) is 15.5 Å². The predicted octanol–water partition coefficient (Wildman–Crippen LogP) is 1.12. The summed E-state index contributed by atoms with van der Waals surface area (Å²) in [5, 5.41) is 30.2. The second-order valence-electron chi connectivity index (χ2n) is 4.54. The van der Waals surface area contributed by atoms with Crippen LogP contribution in [0.2, 0.25) is 0 Å². The number of nitrogens with one attached hydrogen (secondary N) is 1. The van der Waals surface area contributed by atoms with Crippen molar-refractivity contribution in [2.24, 2.45) is 5.16 Å². The molecule has 0 saturated carbocycles. The number of benzene rings is 2. The van der Waals surface area contributed by atoms with E-state index >= 15 is 0 Å². The van der Waals surface area contributed by atoms with Crippen LogP contribution in [0.15, 0.2) is 63.5 Å². The molecule has 8 heteroatoms. The number of sulfone groups is 1. The molecule has 0 aliphatic rings. The molecule has 0 amide bonds. The average Bonchev–Trinajstić information content (AvgIpc) is 2.54. The molecule has 0 aliphatic heterocycles. The average molecular weight is 322 g/mol. The smallest absolute Gasteiger partial charge is 0.206 e. The molecule has 1 atom stereocenters. The van der Waals surface area contributed by atoms with Crippen LogP contribution in [0.5, 0.6) is 0 Å². The van der Waals surface area contributed by atoms with Crippen molar-refractivity contribution in [3.05, 3.63) is 59.3 Å². The van der Waals surface area contributed by atoms with E-state index in [2.05, 4.69) is 5.16 Å². The van der Waals surface area contributed by atoms with Gasteiger partial charge in [0.1, 0.15) is 0 Å². The summed E-state index contributed by atoms with van der Waals surface area (Å²) in [5.74, 6) is 0. The Morgan fingerprint density at radius 2 is 1.50 bits per heavy atom. The van der Waals surface area contributed by atoms with Gasteiger partial charge in [-0.15, -0.1) is 0 Å². The number of nitrogens with zero attached hydrogens (tertiary/aromatic N) is 1. The first-order valence-corrected chi connectivity index (χ1v) is 7.72. The quantitative estimate of drug-likeness (QED) is 0.443. The van der Waals surface area contributed by atoms with Crippen molar-refractivity contribution in [3.8, 4) is 0 Å². The van der Waals surface area contributed by atoms with Gasteiger partial charge in [-0.1, -0.05) is 17.3 Å². The SMILES string of the molecule is C/C(=N\O)c1ccc(S(=O)(=O)c2ccc([NH+]([O-])O)cc2)cc1. The van der Waals surface area contributed by atoms with Gasteiger partial charge in [0, 0.05) is 12.1 Å². The van der Waals surface area contributed by atoms with Crippen LogP contribution in [-0.2, 0) is 9.84 Å². The third kappa shape index (κ3) is 3.15. The lowest BCUT2D eigenvalue weighted by atomic mass is 10.1. The summed E-state index contributed by atoms with van der Waals surface area (Å²) < 4.78 is 24.9. The number of oxime groups is 1. The second-order valence-corrected chi connectivity index (χ2v) is 6.49. The Morgan fingerprint density at radius 3 is 1.91 bits per heavy atom. The molecule has 1 unspecified atom stereocenters. The van der Waals surface area contributed by atoms with Gasteiger partial charge >= 0.3 is 0 Å². The minimum atomic E-state index is -3.73. The molecule has 116 valence electrons. The van der Waals surface area contributed by atoms with Crippen LogP contribution in [0.1, 0.15) is 12.5 Å². The minimum absolute atomic E-state index is 0.0118. The van der Waals surface area contributed by atoms with Gasteiger partial charge < -0.3 is 10.4 Å². The molecule has 0 radical (unpaired) electrons. The first-order valence-electron chi connectivity index (χ1n) is 6.24. The summed E-state index contributed by atoms with van der Waals surface area (Å²) in [5.41, 5.74) is 0.988. The maximum Gasteiger partial charge on any atom is 0.206 e. The van der Waals surface area contributed by atoms with Gasteiger partial charge in [0.15, 0.2) is 5.69 Å². The van der Waals surface area contributed by atoms with E-state index in [0.29, 0.717) is 11.3 Å². The fourth-order valence-corrected chi connectivity index (χ4v) is 3.11. The molecule has 0 aliphatic carbocycles. The zero-order chi connectivity index (χ0) is 16.3. The lowest BCUT2D eigenvalue weighted by molar-refractivity contribution is -0.991. The van der Waals surface area contributed by atoms with E-state index in [0.717, 1.165) is 0 Å². The van der Waals surface area contributed by atoms with Crippen molar-refractivity contribution in [3.63, 3.8) is 0 Å². The van der Waals surface area contributed by atoms with Gasteiger partial charge in [-0.05, 0) is 36.8 Å². The van der Waals surface area contributed by atoms with Crippen LogP contribution in [-0.4, -0.2) is 24.5 Å². The zero-order valence-corrected chi connectivity index (χ0v) is 12.4. The Labute approximate surface area is 127 Å². The van der Waals surface area contributed by atoms with Gasteiger partial charge in [-0.25, -0.2) is 13.6 Å². The highest BCUT2D eigenvalue weighted by atomic mass is 32.2. The molecule has 2 rings (SSSR count). The molecule has 0 aromatic heterocycles. The highest BCUT2D eigenvalue weighted by Crippen LogP contribution is 2.22. The molecule has 2 aromatic carbocycles. The van der Waals surface area contributed by atoms with Crippen LogP contribution >= 0.6 is 0 Å². The first-order chi connectivity index (χ1) is 10.4. The van der Waals surface area contributed by atoms with E-state index in [1.165, 1.54) is 48.5 Å². The molecule has 3 N–H and O–H groups in total. The third-order valence-electron chi connectivity index (χ3n) is 3.14. The van der Waals surface area contributed by atoms with E-state index in [9.17, 15) is 13.6 Å². The lowest BCUT2D eigenvalue weighted by Crippen LogP contribution is -2.99. The topological polar surface area (TPSA) is 114 Å². The van der Waals surface area contributed by atoms with Crippen LogP contribution in [0.4, 0.5) is 5.69 Å². The minimum Gasteiger partial charge on any atom is -0.595 e. The predicted molar refractivity (Wildman–Crippen MR) is 78.1 cm³/mol. The van der Waals surface area contributed by atoms with Crippen molar-refractivity contribution in [1.82, 2.24) is 0 Å². The molecular formula is C14H14N2O5S. The Bertz CT molecular complexity index is 781. The van der Waals surface area contributed by atoms with Crippen LogP contribution in [0.3, 0.4) is 0 Å². The standard InChI is InChI=1S/C14H14N2O5S/c1-10(15-17)11-2-6-13(7-3-11)22(20,21)14-8-4-12(5-9-14)16(18)19/h2-9,16-18H,1H3/b15-10+. The normalized spacial score (nSPS) is 13.9. The van der Waals surface area contributed by atoms with Crippen molar-refractivity contribution in [1.29, 1.82) is 0 Å². The van der Waals surface area contributed by atoms with Crippen molar-refractivity contribution in [2.45, 2.75) is 16.7 Å². The molecule has 0 saturated heterocycles. The summed E-state index contributed by atoms with van der Waals surface area (Å²) in [6.07, 6.45) is 0. The number of quaternary nitrogens is 1. The van der Waals surface area contributed by atoms with Crippen molar-refractivity contribution < 1.29 is 24.1 Å². The van der Waals surface area contributed by atoms with Gasteiger partial charge in [0.25, 0.3) is 0 Å². The van der Waals surface area contributed by atoms with E-state index < -0.39 is 15.1 Å². The Kier molecular flexibility index (Phi) is 4.57. The molecule has 0 heterocycles. The molecule has 0 spiro atoms. The van der Waals surface area contributed by atoms with Gasteiger partial charge in [0.2, 0.25) is 9.84 Å². The third-order valence-corrected chi connectivity index (χ3v) is 4.93. The maximum atomic E-state index is 12.4. The Hall–Kier alpha value is -2.26. The lowest BCUT2D eigenvalue weighted by Gasteiger charge is -2.12. The summed E-state index contributed by atoms with van der Waals surface area (Å²) in [6, 6.07) is 10.9. The highest BCUT2D eigenvalue weighted by Gasteiger charge is 2.18. The van der Waals surface area contributed by atoms with Crippen molar-refractivity contribution >= 4 is 21.2 Å². The fourth-order valence-electron chi connectivity index (χ4n) is 1.85. The Balaban J connectivity index is 2.37. The molecule has 7 nitrogen and oxygen atoms in total. The molecule has 2 aromatic rings. The zero-order valence-electron chi connectivity index (χ0n) is 11.6. The maximum absolute atomic E-state index is 12.4. The largest absolute Gasteiger partial charge is 0.595 e. The van der Waals surface area contributed by atoms with E-state index in [1.807, 2.05) is 0 Å². The van der Waals surface area contributed by atoms with Crippen LogP contribution < -0.4 is 5.23 Å². The van der Waals surface area contributed by atoms with E-state index in [1.54, 1.807) is 6.92 Å².